The summed E-state index contributed by atoms with van der Waals surface area (Å²) in [6, 6.07) is 12.1. The van der Waals surface area contributed by atoms with Gasteiger partial charge in [-0.15, -0.1) is 0 Å². The van der Waals surface area contributed by atoms with Crippen LogP contribution in [0.3, 0.4) is 0 Å². The highest BCUT2D eigenvalue weighted by Gasteiger charge is 2.10. The molecule has 0 spiro atoms. The zero-order chi connectivity index (χ0) is 15.2. The van der Waals surface area contributed by atoms with Crippen LogP contribution in [-0.2, 0) is 0 Å². The summed E-state index contributed by atoms with van der Waals surface area (Å²) in [6.07, 6.45) is 0. The Morgan fingerprint density at radius 1 is 1.00 bits per heavy atom. The number of rotatable bonds is 5. The van der Waals surface area contributed by atoms with E-state index in [-0.39, 0.29) is 5.84 Å². The van der Waals surface area contributed by atoms with Crippen LogP contribution in [0.1, 0.15) is 5.56 Å². The van der Waals surface area contributed by atoms with Crippen molar-refractivity contribution in [1.82, 2.24) is 0 Å². The van der Waals surface area contributed by atoms with Crippen LogP contribution in [0.4, 0.5) is 0 Å². The molecule has 6 heteroatoms. The highest BCUT2D eigenvalue weighted by atomic mass is 16.5. The lowest BCUT2D eigenvalue weighted by molar-refractivity contribution is 0.318. The Labute approximate surface area is 122 Å². The summed E-state index contributed by atoms with van der Waals surface area (Å²) in [5.74, 6) is 2.16. The van der Waals surface area contributed by atoms with Gasteiger partial charge in [-0.2, -0.15) is 0 Å². The SMILES string of the molecule is COc1cc(OC)cc(Oc2ccccc2/C(N)=N/O)c1. The Hall–Kier alpha value is -2.89. The maximum absolute atomic E-state index is 8.81. The molecule has 0 bridgehead atoms. The topological polar surface area (TPSA) is 86.3 Å². The molecular weight excluding hydrogens is 272 g/mol. The molecule has 0 aliphatic heterocycles. The zero-order valence-electron chi connectivity index (χ0n) is 11.7. The molecule has 0 saturated carbocycles. The van der Waals surface area contributed by atoms with E-state index in [1.807, 2.05) is 0 Å². The maximum Gasteiger partial charge on any atom is 0.173 e. The predicted octanol–water partition coefficient (Wildman–Crippen LogP) is 2.59. The Kier molecular flexibility index (Phi) is 4.50. The first kappa shape index (κ1) is 14.5. The fourth-order valence-electron chi connectivity index (χ4n) is 1.79. The minimum atomic E-state index is -0.0274. The number of oxime groups is 1. The zero-order valence-corrected chi connectivity index (χ0v) is 11.7. The van der Waals surface area contributed by atoms with Crippen molar-refractivity contribution >= 4 is 5.84 Å². The molecule has 0 heterocycles. The molecule has 6 nitrogen and oxygen atoms in total. The third-order valence-electron chi connectivity index (χ3n) is 2.82. The Morgan fingerprint density at radius 3 is 2.14 bits per heavy atom. The molecule has 0 unspecified atom stereocenters. The Balaban J connectivity index is 2.38. The van der Waals surface area contributed by atoms with Gasteiger partial charge in [0.15, 0.2) is 5.84 Å². The van der Waals surface area contributed by atoms with Gasteiger partial charge in [-0.25, -0.2) is 0 Å². The molecule has 2 rings (SSSR count). The van der Waals surface area contributed by atoms with E-state index in [1.54, 1.807) is 56.7 Å². The fourth-order valence-corrected chi connectivity index (χ4v) is 1.79. The van der Waals surface area contributed by atoms with Crippen LogP contribution >= 0.6 is 0 Å². The van der Waals surface area contributed by atoms with Crippen molar-refractivity contribution in [3.8, 4) is 23.0 Å². The van der Waals surface area contributed by atoms with Crippen molar-refractivity contribution in [2.75, 3.05) is 14.2 Å². The summed E-state index contributed by atoms with van der Waals surface area (Å²) < 4.78 is 16.2. The van der Waals surface area contributed by atoms with Crippen LogP contribution in [0.15, 0.2) is 47.6 Å². The number of hydrogen-bond acceptors (Lipinski definition) is 5. The molecule has 2 aromatic rings. The average Bonchev–Trinajstić information content (AvgIpc) is 2.54. The number of para-hydroxylation sites is 1. The smallest absolute Gasteiger partial charge is 0.173 e. The largest absolute Gasteiger partial charge is 0.496 e. The summed E-state index contributed by atoms with van der Waals surface area (Å²) in [4.78, 5) is 0. The van der Waals surface area contributed by atoms with E-state index < -0.39 is 0 Å². The van der Waals surface area contributed by atoms with Crippen LogP contribution < -0.4 is 19.9 Å². The molecule has 0 radical (unpaired) electrons. The van der Waals surface area contributed by atoms with Crippen molar-refractivity contribution in [2.24, 2.45) is 10.9 Å². The molecule has 0 aromatic heterocycles. The molecule has 0 saturated heterocycles. The molecule has 110 valence electrons. The van der Waals surface area contributed by atoms with Gasteiger partial charge in [0.2, 0.25) is 0 Å². The number of hydrogen-bond donors (Lipinski definition) is 2. The Morgan fingerprint density at radius 2 is 1.57 bits per heavy atom. The van der Waals surface area contributed by atoms with Gasteiger partial charge in [0.25, 0.3) is 0 Å². The summed E-state index contributed by atoms with van der Waals surface area (Å²) in [5, 5.41) is 11.8. The normalized spacial score (nSPS) is 11.0. The number of methoxy groups -OCH3 is 2. The third kappa shape index (κ3) is 3.36. The fraction of sp³-hybridized carbons (Fsp3) is 0.133. The van der Waals surface area contributed by atoms with Gasteiger partial charge in [-0.05, 0) is 12.1 Å². The van der Waals surface area contributed by atoms with E-state index in [9.17, 15) is 0 Å². The molecule has 0 amide bonds. The molecule has 0 atom stereocenters. The number of benzene rings is 2. The summed E-state index contributed by atoms with van der Waals surface area (Å²) in [6.45, 7) is 0. The Bertz CT molecular complexity index is 634. The predicted molar refractivity (Wildman–Crippen MR) is 78.6 cm³/mol. The second-order valence-electron chi connectivity index (χ2n) is 4.13. The monoisotopic (exact) mass is 288 g/mol. The van der Waals surface area contributed by atoms with E-state index >= 15 is 0 Å². The van der Waals surface area contributed by atoms with Crippen molar-refractivity contribution < 1.29 is 19.4 Å². The van der Waals surface area contributed by atoms with Crippen LogP contribution in [0.25, 0.3) is 0 Å². The lowest BCUT2D eigenvalue weighted by Gasteiger charge is -2.12. The lowest BCUT2D eigenvalue weighted by Crippen LogP contribution is -2.14. The first-order valence-electron chi connectivity index (χ1n) is 6.15. The van der Waals surface area contributed by atoms with Gasteiger partial charge in [-0.1, -0.05) is 17.3 Å². The van der Waals surface area contributed by atoms with E-state index in [0.29, 0.717) is 28.6 Å². The molecule has 0 aliphatic rings. The average molecular weight is 288 g/mol. The van der Waals surface area contributed by atoms with Gasteiger partial charge >= 0.3 is 0 Å². The van der Waals surface area contributed by atoms with Gasteiger partial charge < -0.3 is 25.2 Å². The number of nitrogens with zero attached hydrogens (tertiary/aromatic N) is 1. The minimum Gasteiger partial charge on any atom is -0.496 e. The van der Waals surface area contributed by atoms with E-state index in [0.717, 1.165) is 0 Å². The van der Waals surface area contributed by atoms with Crippen molar-refractivity contribution in [3.05, 3.63) is 48.0 Å². The molecule has 0 fully saturated rings. The van der Waals surface area contributed by atoms with Gasteiger partial charge in [0, 0.05) is 18.2 Å². The number of nitrogens with two attached hydrogens (primary N) is 1. The molecular formula is C15H16N2O4. The van der Waals surface area contributed by atoms with Crippen LogP contribution in [-0.4, -0.2) is 25.3 Å². The van der Waals surface area contributed by atoms with Crippen LogP contribution in [0.5, 0.6) is 23.0 Å². The lowest BCUT2D eigenvalue weighted by atomic mass is 10.2. The number of amidine groups is 1. The van der Waals surface area contributed by atoms with Crippen molar-refractivity contribution in [3.63, 3.8) is 0 Å². The highest BCUT2D eigenvalue weighted by Crippen LogP contribution is 2.32. The second-order valence-corrected chi connectivity index (χ2v) is 4.13. The molecule has 21 heavy (non-hydrogen) atoms. The highest BCUT2D eigenvalue weighted by molar-refractivity contribution is 5.99. The first-order chi connectivity index (χ1) is 10.2. The van der Waals surface area contributed by atoms with Gasteiger partial charge in [0.1, 0.15) is 23.0 Å². The van der Waals surface area contributed by atoms with Crippen molar-refractivity contribution in [2.45, 2.75) is 0 Å². The number of ether oxygens (including phenoxy) is 3. The minimum absolute atomic E-state index is 0.0274. The third-order valence-corrected chi connectivity index (χ3v) is 2.82. The quantitative estimate of drug-likeness (QED) is 0.382. The summed E-state index contributed by atoms with van der Waals surface area (Å²) in [5.41, 5.74) is 6.12. The molecule has 2 aromatic carbocycles. The second kappa shape index (κ2) is 6.51. The molecule has 3 N–H and O–H groups in total. The standard InChI is InChI=1S/C15H16N2O4/c1-19-10-7-11(20-2)9-12(8-10)21-14-6-4-3-5-13(14)15(16)17-18/h3-9,18H,1-2H3,(H2,16,17). The van der Waals surface area contributed by atoms with Crippen LogP contribution in [0.2, 0.25) is 0 Å². The van der Waals surface area contributed by atoms with E-state index in [1.165, 1.54) is 0 Å². The summed E-state index contributed by atoms with van der Waals surface area (Å²) >= 11 is 0. The van der Waals surface area contributed by atoms with Crippen molar-refractivity contribution in [1.29, 1.82) is 0 Å². The van der Waals surface area contributed by atoms with Gasteiger partial charge in [0.05, 0.1) is 19.8 Å². The first-order valence-corrected chi connectivity index (χ1v) is 6.15. The van der Waals surface area contributed by atoms with E-state index in [4.69, 9.17) is 25.2 Å². The molecule has 0 aliphatic carbocycles. The maximum atomic E-state index is 8.81. The van der Waals surface area contributed by atoms with Gasteiger partial charge in [-0.3, -0.25) is 0 Å². The van der Waals surface area contributed by atoms with E-state index in [2.05, 4.69) is 5.16 Å². The van der Waals surface area contributed by atoms with Crippen LogP contribution in [0, 0.1) is 0 Å². The summed E-state index contributed by atoms with van der Waals surface area (Å²) in [7, 11) is 3.12.